The second-order valence-electron chi connectivity index (χ2n) is 6.69. The van der Waals surface area contributed by atoms with Crippen LogP contribution in [0.2, 0.25) is 0 Å². The van der Waals surface area contributed by atoms with E-state index in [2.05, 4.69) is 25.7 Å². The van der Waals surface area contributed by atoms with Crippen LogP contribution in [0.25, 0.3) is 0 Å². The van der Waals surface area contributed by atoms with E-state index in [1.807, 2.05) is 6.07 Å². The van der Waals surface area contributed by atoms with Crippen LogP contribution >= 0.6 is 0 Å². The molecule has 1 aliphatic heterocycles. The van der Waals surface area contributed by atoms with Crippen molar-refractivity contribution in [2.45, 2.75) is 40.0 Å². The first-order valence-electron chi connectivity index (χ1n) is 7.18. The van der Waals surface area contributed by atoms with Gasteiger partial charge in [-0.2, -0.15) is 0 Å². The van der Waals surface area contributed by atoms with Crippen LogP contribution < -0.4 is 10.6 Å². The first kappa shape index (κ1) is 14.2. The van der Waals surface area contributed by atoms with Crippen LogP contribution in [0.4, 0.5) is 15.8 Å². The van der Waals surface area contributed by atoms with Crippen molar-refractivity contribution in [2.24, 2.45) is 11.3 Å². The van der Waals surface area contributed by atoms with E-state index in [0.717, 1.165) is 25.9 Å². The summed E-state index contributed by atoms with van der Waals surface area (Å²) < 4.78 is 14.0. The molecule has 0 spiro atoms. The molecule has 1 unspecified atom stereocenters. The monoisotopic (exact) mass is 264 g/mol. The van der Waals surface area contributed by atoms with E-state index in [0.29, 0.717) is 22.7 Å². The van der Waals surface area contributed by atoms with E-state index in [1.54, 1.807) is 6.07 Å². The molecule has 1 atom stereocenters. The van der Waals surface area contributed by atoms with E-state index in [-0.39, 0.29) is 5.82 Å². The van der Waals surface area contributed by atoms with E-state index in [1.165, 1.54) is 12.5 Å². The largest absolute Gasteiger partial charge is 0.399 e. The van der Waals surface area contributed by atoms with Crippen molar-refractivity contribution in [2.75, 3.05) is 23.7 Å². The smallest absolute Gasteiger partial charge is 0.148 e. The standard InChI is InChI=1S/C16H25FN2/c1-16(2,3)12-5-4-9-19(10-8-12)15-7-6-13(18)11-14(15)17/h6-7,11-12H,4-5,8-10,18H2,1-3H3. The molecule has 0 aromatic heterocycles. The van der Waals surface area contributed by atoms with Crippen LogP contribution in [0.1, 0.15) is 40.0 Å². The fourth-order valence-electron chi connectivity index (χ4n) is 2.98. The Hall–Kier alpha value is -1.25. The summed E-state index contributed by atoms with van der Waals surface area (Å²) in [6, 6.07) is 5.01. The second kappa shape index (κ2) is 5.40. The first-order chi connectivity index (χ1) is 8.88. The lowest BCUT2D eigenvalue weighted by molar-refractivity contribution is 0.220. The summed E-state index contributed by atoms with van der Waals surface area (Å²) in [6.45, 7) is 8.78. The quantitative estimate of drug-likeness (QED) is 0.775. The molecule has 2 rings (SSSR count). The van der Waals surface area contributed by atoms with E-state index in [4.69, 9.17) is 5.73 Å². The molecule has 2 nitrogen and oxygen atoms in total. The van der Waals surface area contributed by atoms with Crippen molar-refractivity contribution >= 4 is 11.4 Å². The predicted octanol–water partition coefficient (Wildman–Crippen LogP) is 4.06. The second-order valence-corrected chi connectivity index (χ2v) is 6.69. The van der Waals surface area contributed by atoms with Gasteiger partial charge in [0.1, 0.15) is 5.82 Å². The maximum atomic E-state index is 14.0. The summed E-state index contributed by atoms with van der Waals surface area (Å²) >= 11 is 0. The van der Waals surface area contributed by atoms with Gasteiger partial charge in [-0.25, -0.2) is 4.39 Å². The molecule has 19 heavy (non-hydrogen) atoms. The van der Waals surface area contributed by atoms with Gasteiger partial charge in [-0.15, -0.1) is 0 Å². The third-order valence-electron chi connectivity index (χ3n) is 4.27. The molecule has 106 valence electrons. The van der Waals surface area contributed by atoms with Crippen LogP contribution in [-0.2, 0) is 0 Å². The predicted molar refractivity (Wildman–Crippen MR) is 79.8 cm³/mol. The Labute approximate surface area is 115 Å². The lowest BCUT2D eigenvalue weighted by Gasteiger charge is -2.30. The molecule has 1 aromatic carbocycles. The van der Waals surface area contributed by atoms with Crippen LogP contribution in [0.5, 0.6) is 0 Å². The van der Waals surface area contributed by atoms with Crippen molar-refractivity contribution in [3.05, 3.63) is 24.0 Å². The first-order valence-corrected chi connectivity index (χ1v) is 7.18. The fraction of sp³-hybridized carbons (Fsp3) is 0.625. The normalized spacial score (nSPS) is 21.3. The highest BCUT2D eigenvalue weighted by Gasteiger charge is 2.27. The molecule has 1 aromatic rings. The fourth-order valence-corrected chi connectivity index (χ4v) is 2.98. The Bertz CT molecular complexity index is 437. The van der Waals surface area contributed by atoms with Crippen molar-refractivity contribution in [1.82, 2.24) is 0 Å². The average Bonchev–Trinajstić information content (AvgIpc) is 2.54. The Kier molecular flexibility index (Phi) is 4.02. The molecule has 0 saturated carbocycles. The lowest BCUT2D eigenvalue weighted by Crippen LogP contribution is -2.26. The molecule has 1 aliphatic rings. The van der Waals surface area contributed by atoms with Gasteiger partial charge < -0.3 is 10.6 Å². The van der Waals surface area contributed by atoms with Crippen LogP contribution in [0.15, 0.2) is 18.2 Å². The van der Waals surface area contributed by atoms with Crippen molar-refractivity contribution < 1.29 is 4.39 Å². The molecule has 1 heterocycles. The molecule has 1 fully saturated rings. The Morgan fingerprint density at radius 3 is 2.58 bits per heavy atom. The number of hydrogen-bond acceptors (Lipinski definition) is 2. The molecular formula is C16H25FN2. The van der Waals surface area contributed by atoms with Crippen molar-refractivity contribution in [3.8, 4) is 0 Å². The van der Waals surface area contributed by atoms with Gasteiger partial charge in [-0.05, 0) is 48.8 Å². The number of anilines is 2. The maximum Gasteiger partial charge on any atom is 0.148 e. The molecule has 0 radical (unpaired) electrons. The lowest BCUT2D eigenvalue weighted by atomic mass is 9.77. The number of nitrogens with zero attached hydrogens (tertiary/aromatic N) is 1. The van der Waals surface area contributed by atoms with Gasteiger partial charge in [-0.3, -0.25) is 0 Å². The summed E-state index contributed by atoms with van der Waals surface area (Å²) in [5.74, 6) is 0.517. The van der Waals surface area contributed by atoms with Gasteiger partial charge >= 0.3 is 0 Å². The number of hydrogen-bond donors (Lipinski definition) is 1. The molecule has 1 saturated heterocycles. The van der Waals surface area contributed by atoms with E-state index in [9.17, 15) is 4.39 Å². The number of nitrogen functional groups attached to an aromatic ring is 1. The highest BCUT2D eigenvalue weighted by molar-refractivity contribution is 5.54. The summed E-state index contributed by atoms with van der Waals surface area (Å²) in [5.41, 5.74) is 7.14. The molecule has 0 aliphatic carbocycles. The summed E-state index contributed by atoms with van der Waals surface area (Å²) in [6.07, 6.45) is 3.50. The minimum atomic E-state index is -0.200. The number of nitrogens with two attached hydrogens (primary N) is 1. The van der Waals surface area contributed by atoms with E-state index >= 15 is 0 Å². The third-order valence-corrected chi connectivity index (χ3v) is 4.27. The highest BCUT2D eigenvalue weighted by atomic mass is 19.1. The van der Waals surface area contributed by atoms with E-state index < -0.39 is 0 Å². The van der Waals surface area contributed by atoms with Gasteiger partial charge in [0, 0.05) is 18.8 Å². The molecule has 0 bridgehead atoms. The molecular weight excluding hydrogens is 239 g/mol. The van der Waals surface area contributed by atoms with Gasteiger partial charge in [0.15, 0.2) is 0 Å². The van der Waals surface area contributed by atoms with Crippen molar-refractivity contribution in [1.29, 1.82) is 0 Å². The van der Waals surface area contributed by atoms with Crippen LogP contribution in [-0.4, -0.2) is 13.1 Å². The van der Waals surface area contributed by atoms with Gasteiger partial charge in [0.25, 0.3) is 0 Å². The third kappa shape index (κ3) is 3.40. The number of benzene rings is 1. The molecule has 0 amide bonds. The summed E-state index contributed by atoms with van der Waals surface area (Å²) in [4.78, 5) is 2.17. The van der Waals surface area contributed by atoms with Gasteiger partial charge in [-0.1, -0.05) is 20.8 Å². The average molecular weight is 264 g/mol. The topological polar surface area (TPSA) is 29.3 Å². The zero-order chi connectivity index (χ0) is 14.0. The molecule has 2 N–H and O–H groups in total. The Balaban J connectivity index is 2.11. The minimum Gasteiger partial charge on any atom is -0.399 e. The maximum absolute atomic E-state index is 14.0. The van der Waals surface area contributed by atoms with Gasteiger partial charge in [0.2, 0.25) is 0 Å². The SMILES string of the molecule is CC(C)(C)C1CCCN(c2ccc(N)cc2F)CC1. The Morgan fingerprint density at radius 2 is 1.95 bits per heavy atom. The molecule has 3 heteroatoms. The van der Waals surface area contributed by atoms with Gasteiger partial charge in [0.05, 0.1) is 5.69 Å². The number of rotatable bonds is 1. The summed E-state index contributed by atoms with van der Waals surface area (Å²) in [7, 11) is 0. The zero-order valence-corrected chi connectivity index (χ0v) is 12.2. The highest BCUT2D eigenvalue weighted by Crippen LogP contribution is 2.35. The summed E-state index contributed by atoms with van der Waals surface area (Å²) in [5, 5.41) is 0. The van der Waals surface area contributed by atoms with Crippen LogP contribution in [0, 0.1) is 17.2 Å². The zero-order valence-electron chi connectivity index (χ0n) is 12.2. The van der Waals surface area contributed by atoms with Crippen LogP contribution in [0.3, 0.4) is 0 Å². The van der Waals surface area contributed by atoms with Crippen molar-refractivity contribution in [3.63, 3.8) is 0 Å². The number of halogens is 1. The minimum absolute atomic E-state index is 0.200. The Morgan fingerprint density at radius 1 is 1.21 bits per heavy atom.